The summed E-state index contributed by atoms with van der Waals surface area (Å²) >= 11 is 0. The largest absolute Gasteiger partial charge is 0.354 e. The average Bonchev–Trinajstić information content (AvgIpc) is 3.07. The first-order chi connectivity index (χ1) is 13.6. The molecule has 0 radical (unpaired) electrons. The van der Waals surface area contributed by atoms with Crippen molar-refractivity contribution in [2.45, 2.75) is 25.8 Å². The molecule has 0 aliphatic rings. The Morgan fingerprint density at radius 3 is 2.57 bits per heavy atom. The normalized spacial score (nSPS) is 13.5. The molecule has 2 atom stereocenters. The molecule has 2 heterocycles. The van der Waals surface area contributed by atoms with Gasteiger partial charge < -0.3 is 9.88 Å². The summed E-state index contributed by atoms with van der Waals surface area (Å²) in [7, 11) is 0. The average molecular weight is 374 g/mol. The zero-order valence-electron chi connectivity index (χ0n) is 15.8. The number of nitrogens with one attached hydrogen (secondary N) is 2. The van der Waals surface area contributed by atoms with Crippen LogP contribution in [-0.2, 0) is 4.79 Å². The van der Waals surface area contributed by atoms with Gasteiger partial charge in [0.05, 0.1) is 11.7 Å². The number of carbonyl (C=O) groups is 1. The van der Waals surface area contributed by atoms with E-state index in [4.69, 9.17) is 0 Å². The highest BCUT2D eigenvalue weighted by Gasteiger charge is 2.22. The lowest BCUT2D eigenvalue weighted by atomic mass is 10.0. The van der Waals surface area contributed by atoms with Gasteiger partial charge in [-0.05, 0) is 24.5 Å². The van der Waals surface area contributed by atoms with Crippen molar-refractivity contribution < 1.29 is 4.79 Å². The van der Waals surface area contributed by atoms with Gasteiger partial charge in [0.15, 0.2) is 0 Å². The minimum absolute atomic E-state index is 0.123. The molecule has 0 bridgehead atoms. The highest BCUT2D eigenvalue weighted by Crippen LogP contribution is 2.29. The topological polar surface area (TPSA) is 79.8 Å². The zero-order valence-corrected chi connectivity index (χ0v) is 15.8. The van der Waals surface area contributed by atoms with Gasteiger partial charge in [0.1, 0.15) is 11.6 Å². The second-order valence-corrected chi connectivity index (χ2v) is 7.08. The molecule has 0 aliphatic carbocycles. The fraction of sp³-hybridized carbons (Fsp3) is 0.227. The molecule has 0 saturated heterocycles. The van der Waals surface area contributed by atoms with Crippen molar-refractivity contribution in [1.29, 1.82) is 0 Å². The molecule has 6 heteroatoms. The van der Waals surface area contributed by atoms with Crippen LogP contribution in [0, 0.1) is 0 Å². The fourth-order valence-corrected chi connectivity index (χ4v) is 3.68. The van der Waals surface area contributed by atoms with Crippen LogP contribution in [0.2, 0.25) is 0 Å². The van der Waals surface area contributed by atoms with E-state index in [1.807, 2.05) is 49.4 Å². The van der Waals surface area contributed by atoms with Crippen molar-refractivity contribution in [3.05, 3.63) is 76.7 Å². The molecule has 0 fully saturated rings. The fourth-order valence-electron chi connectivity index (χ4n) is 3.68. The van der Waals surface area contributed by atoms with E-state index >= 15 is 0 Å². The monoisotopic (exact) mass is 374 g/mol. The minimum Gasteiger partial charge on any atom is -0.354 e. The number of fused-ring (bicyclic) bond motifs is 3. The maximum absolute atomic E-state index is 12.9. The highest BCUT2D eigenvalue weighted by molar-refractivity contribution is 6.08. The van der Waals surface area contributed by atoms with Gasteiger partial charge >= 0.3 is 0 Å². The van der Waals surface area contributed by atoms with Crippen LogP contribution in [-0.4, -0.2) is 27.2 Å². The number of aromatic amines is 1. The summed E-state index contributed by atoms with van der Waals surface area (Å²) in [5.41, 5.74) is 2.19. The molecule has 0 spiro atoms. The molecular formula is C22H22N4O2. The van der Waals surface area contributed by atoms with E-state index in [-0.39, 0.29) is 17.4 Å². The number of H-pyrrole nitrogens is 1. The SMILES string of the molecule is C[C@H](CNC(=O)[C@@H](C)n1c2ccccc2c2cn[nH]c(=O)c21)c1ccccc1. The van der Waals surface area contributed by atoms with Crippen LogP contribution in [0.1, 0.15) is 31.4 Å². The van der Waals surface area contributed by atoms with Crippen LogP contribution < -0.4 is 10.9 Å². The molecule has 4 rings (SSSR count). The van der Waals surface area contributed by atoms with E-state index in [1.165, 1.54) is 5.56 Å². The van der Waals surface area contributed by atoms with Gasteiger partial charge in [-0.1, -0.05) is 55.5 Å². The number of para-hydroxylation sites is 1. The quantitative estimate of drug-likeness (QED) is 0.562. The van der Waals surface area contributed by atoms with Crippen LogP contribution in [0.4, 0.5) is 0 Å². The second kappa shape index (κ2) is 7.31. The summed E-state index contributed by atoms with van der Waals surface area (Å²) in [5.74, 6) is 0.0738. The number of aromatic nitrogens is 3. The minimum atomic E-state index is -0.533. The molecule has 28 heavy (non-hydrogen) atoms. The Kier molecular flexibility index (Phi) is 4.69. The Morgan fingerprint density at radius 1 is 1.07 bits per heavy atom. The van der Waals surface area contributed by atoms with E-state index in [2.05, 4.69) is 34.6 Å². The Morgan fingerprint density at radius 2 is 1.79 bits per heavy atom. The summed E-state index contributed by atoms with van der Waals surface area (Å²) in [5, 5.41) is 11.1. The smallest absolute Gasteiger partial charge is 0.288 e. The zero-order chi connectivity index (χ0) is 19.7. The number of carbonyl (C=O) groups excluding carboxylic acids is 1. The number of benzene rings is 2. The molecule has 2 aromatic heterocycles. The van der Waals surface area contributed by atoms with Gasteiger partial charge in [0.25, 0.3) is 5.56 Å². The third-order valence-corrected chi connectivity index (χ3v) is 5.24. The molecule has 2 N–H and O–H groups in total. The molecule has 142 valence electrons. The first-order valence-electron chi connectivity index (χ1n) is 9.37. The number of hydrogen-bond acceptors (Lipinski definition) is 3. The molecule has 1 amide bonds. The van der Waals surface area contributed by atoms with Crippen molar-refractivity contribution in [2.24, 2.45) is 0 Å². The van der Waals surface area contributed by atoms with Crippen LogP contribution in [0.3, 0.4) is 0 Å². The summed E-state index contributed by atoms with van der Waals surface area (Å²) in [6.07, 6.45) is 1.64. The molecule has 0 aliphatic heterocycles. The van der Waals surface area contributed by atoms with Crippen LogP contribution in [0.25, 0.3) is 21.8 Å². The molecule has 0 saturated carbocycles. The van der Waals surface area contributed by atoms with Crippen molar-refractivity contribution in [3.63, 3.8) is 0 Å². The first kappa shape index (κ1) is 18.0. The van der Waals surface area contributed by atoms with E-state index < -0.39 is 6.04 Å². The van der Waals surface area contributed by atoms with Crippen molar-refractivity contribution >= 4 is 27.7 Å². The van der Waals surface area contributed by atoms with Gasteiger partial charge in [0, 0.05) is 17.3 Å². The number of nitrogens with zero attached hydrogens (tertiary/aromatic N) is 2. The lowest BCUT2D eigenvalue weighted by Crippen LogP contribution is -2.34. The lowest BCUT2D eigenvalue weighted by Gasteiger charge is -2.18. The first-order valence-corrected chi connectivity index (χ1v) is 9.37. The second-order valence-electron chi connectivity index (χ2n) is 7.08. The van der Waals surface area contributed by atoms with Crippen LogP contribution >= 0.6 is 0 Å². The van der Waals surface area contributed by atoms with Gasteiger partial charge in [-0.15, -0.1) is 0 Å². The highest BCUT2D eigenvalue weighted by atomic mass is 16.2. The number of hydrogen-bond donors (Lipinski definition) is 2. The number of rotatable bonds is 5. The number of amides is 1. The Labute approximate surface area is 162 Å². The predicted octanol–water partition coefficient (Wildman–Crippen LogP) is 3.36. The Balaban J connectivity index is 1.65. The van der Waals surface area contributed by atoms with Crippen molar-refractivity contribution in [1.82, 2.24) is 20.1 Å². The summed E-state index contributed by atoms with van der Waals surface area (Å²) in [6, 6.07) is 17.2. The van der Waals surface area contributed by atoms with Crippen molar-refractivity contribution in [2.75, 3.05) is 6.54 Å². The van der Waals surface area contributed by atoms with Gasteiger partial charge in [-0.2, -0.15) is 5.10 Å². The van der Waals surface area contributed by atoms with E-state index in [0.29, 0.717) is 12.1 Å². The molecule has 0 unspecified atom stereocenters. The van der Waals surface area contributed by atoms with E-state index in [1.54, 1.807) is 10.8 Å². The maximum Gasteiger partial charge on any atom is 0.288 e. The summed E-state index contributed by atoms with van der Waals surface area (Å²) in [4.78, 5) is 25.4. The molecule has 4 aromatic rings. The summed E-state index contributed by atoms with van der Waals surface area (Å²) < 4.78 is 1.80. The molecular weight excluding hydrogens is 352 g/mol. The van der Waals surface area contributed by atoms with Gasteiger partial charge in [0.2, 0.25) is 5.91 Å². The summed E-state index contributed by atoms with van der Waals surface area (Å²) in [6.45, 7) is 4.42. The van der Waals surface area contributed by atoms with Gasteiger partial charge in [-0.25, -0.2) is 5.10 Å². The standard InChI is InChI=1S/C22H22N4O2/c1-14(16-8-4-3-5-9-16)12-23-21(27)15(2)26-19-11-7-6-10-17(19)18-13-24-25-22(28)20(18)26/h3-11,13-15H,12H2,1-2H3,(H,23,27)(H,25,28)/t14-,15-/m1/s1. The van der Waals surface area contributed by atoms with Crippen LogP contribution in [0.5, 0.6) is 0 Å². The van der Waals surface area contributed by atoms with Crippen LogP contribution in [0.15, 0.2) is 65.6 Å². The molecule has 2 aromatic carbocycles. The van der Waals surface area contributed by atoms with E-state index in [0.717, 1.165) is 16.3 Å². The third-order valence-electron chi connectivity index (χ3n) is 5.24. The van der Waals surface area contributed by atoms with E-state index in [9.17, 15) is 9.59 Å². The lowest BCUT2D eigenvalue weighted by molar-refractivity contribution is -0.123. The maximum atomic E-state index is 12.9. The Hall–Kier alpha value is -3.41. The third kappa shape index (κ3) is 3.07. The predicted molar refractivity (Wildman–Crippen MR) is 110 cm³/mol. The van der Waals surface area contributed by atoms with Crippen molar-refractivity contribution in [3.8, 4) is 0 Å². The Bertz CT molecular complexity index is 1190. The molecule has 6 nitrogen and oxygen atoms in total. The van der Waals surface area contributed by atoms with Gasteiger partial charge in [-0.3, -0.25) is 9.59 Å².